The van der Waals surface area contributed by atoms with Crippen LogP contribution >= 0.6 is 0 Å². The third-order valence-corrected chi connectivity index (χ3v) is 8.23. The van der Waals surface area contributed by atoms with Gasteiger partial charge in [-0.1, -0.05) is 139 Å². The summed E-state index contributed by atoms with van der Waals surface area (Å²) in [5, 5.41) is 12.0. The van der Waals surface area contributed by atoms with E-state index in [2.05, 4.69) is 46.5 Å². The third kappa shape index (κ3) is 13.6. The number of carbonyl (C=O) groups is 2. The minimum absolute atomic E-state index is 0.126. The van der Waals surface area contributed by atoms with E-state index in [-0.39, 0.29) is 12.3 Å². The monoisotopic (exact) mass is 587 g/mol. The van der Waals surface area contributed by atoms with Crippen molar-refractivity contribution in [2.75, 3.05) is 6.54 Å². The van der Waals surface area contributed by atoms with Crippen LogP contribution in [-0.4, -0.2) is 33.5 Å². The molecule has 0 unspecified atom stereocenters. The summed E-state index contributed by atoms with van der Waals surface area (Å²) in [7, 11) is 0. The molecule has 0 atom stereocenters. The maximum atomic E-state index is 12.4. The number of amides is 1. The number of imidazole rings is 1. The van der Waals surface area contributed by atoms with E-state index in [0.717, 1.165) is 53.0 Å². The number of aliphatic carboxylic acids is 1. The number of hydrogen-bond acceptors (Lipinski definition) is 3. The lowest BCUT2D eigenvalue weighted by molar-refractivity contribution is -0.137. The second-order valence-corrected chi connectivity index (χ2v) is 11.9. The van der Waals surface area contributed by atoms with Gasteiger partial charge in [-0.05, 0) is 30.4 Å². The summed E-state index contributed by atoms with van der Waals surface area (Å²) in [5.74, 6) is -0.663. The maximum Gasteiger partial charge on any atom is 0.303 e. The molecule has 3 aromatic rings. The Bertz CT molecular complexity index is 1180. The van der Waals surface area contributed by atoms with Gasteiger partial charge in [0.15, 0.2) is 0 Å². The number of nitrogens with one attached hydrogen (secondary N) is 2. The first-order valence-electron chi connectivity index (χ1n) is 16.8. The van der Waals surface area contributed by atoms with Crippen molar-refractivity contribution in [3.63, 3.8) is 0 Å². The highest BCUT2D eigenvalue weighted by Gasteiger charge is 2.11. The number of carbonyl (C=O) groups excluding carboxylic acids is 1. The smallest absolute Gasteiger partial charge is 0.303 e. The molecule has 2 aromatic carbocycles. The summed E-state index contributed by atoms with van der Waals surface area (Å²) in [6.07, 6.45) is 22.3. The van der Waals surface area contributed by atoms with Gasteiger partial charge in [-0.3, -0.25) is 9.59 Å². The highest BCUT2D eigenvalue weighted by Crippen LogP contribution is 2.29. The average molecular weight is 588 g/mol. The van der Waals surface area contributed by atoms with Gasteiger partial charge in [0.25, 0.3) is 0 Å². The van der Waals surface area contributed by atoms with Gasteiger partial charge in [0.2, 0.25) is 5.91 Å². The Hall–Kier alpha value is -3.41. The van der Waals surface area contributed by atoms with Crippen LogP contribution in [0, 0.1) is 0 Å². The standard InChI is InChI=1S/C37H53N3O3/c1-2-3-4-5-6-7-8-9-10-11-12-13-14-15-28-38-34(41)26-20-30-16-22-32(23-17-30)36-37(40-29-39-36)33-24-18-31(19-25-33)21-27-35(42)43/h16-19,22-25,29H,2-15,20-21,26-28H2,1H3,(H,38,41)(H,39,40)(H,42,43). The van der Waals surface area contributed by atoms with E-state index in [1.165, 1.54) is 83.5 Å². The number of unbranched alkanes of at least 4 members (excludes halogenated alkanes) is 13. The lowest BCUT2D eigenvalue weighted by Crippen LogP contribution is -2.24. The Labute approximate surface area is 259 Å². The first-order valence-corrected chi connectivity index (χ1v) is 16.8. The molecule has 6 nitrogen and oxygen atoms in total. The van der Waals surface area contributed by atoms with E-state index in [1.54, 1.807) is 6.33 Å². The van der Waals surface area contributed by atoms with Gasteiger partial charge in [-0.2, -0.15) is 0 Å². The second-order valence-electron chi connectivity index (χ2n) is 11.9. The molecule has 0 spiro atoms. The van der Waals surface area contributed by atoms with E-state index < -0.39 is 5.97 Å². The molecule has 0 saturated heterocycles. The summed E-state index contributed by atoms with van der Waals surface area (Å²) in [4.78, 5) is 31.0. The van der Waals surface area contributed by atoms with E-state index >= 15 is 0 Å². The summed E-state index contributed by atoms with van der Waals surface area (Å²) in [5.41, 5.74) is 5.95. The summed E-state index contributed by atoms with van der Waals surface area (Å²) >= 11 is 0. The third-order valence-electron chi connectivity index (χ3n) is 8.23. The molecule has 3 rings (SSSR count). The molecule has 0 radical (unpaired) electrons. The van der Waals surface area contributed by atoms with Crippen molar-refractivity contribution >= 4 is 11.9 Å². The number of H-pyrrole nitrogens is 1. The number of rotatable bonds is 23. The lowest BCUT2D eigenvalue weighted by atomic mass is 10.0. The molecule has 0 fully saturated rings. The Kier molecular flexibility index (Phi) is 16.2. The number of hydrogen-bond donors (Lipinski definition) is 3. The van der Waals surface area contributed by atoms with Crippen molar-refractivity contribution in [2.24, 2.45) is 0 Å². The minimum Gasteiger partial charge on any atom is -0.481 e. The SMILES string of the molecule is CCCCCCCCCCCCCCCCNC(=O)CCc1ccc(-c2[nH]cnc2-c2ccc(CCC(=O)O)cc2)cc1. The van der Waals surface area contributed by atoms with Crippen molar-refractivity contribution < 1.29 is 14.7 Å². The number of carboxylic acids is 1. The number of aromatic amines is 1. The van der Waals surface area contributed by atoms with E-state index in [4.69, 9.17) is 5.11 Å². The highest BCUT2D eigenvalue weighted by molar-refractivity contribution is 5.78. The van der Waals surface area contributed by atoms with Crippen LogP contribution in [0.3, 0.4) is 0 Å². The zero-order valence-corrected chi connectivity index (χ0v) is 26.3. The molecule has 0 aliphatic rings. The Morgan fingerprint density at radius 1 is 0.674 bits per heavy atom. The fourth-order valence-corrected chi connectivity index (χ4v) is 5.55. The van der Waals surface area contributed by atoms with Gasteiger partial charge < -0.3 is 15.4 Å². The molecule has 6 heteroatoms. The predicted molar refractivity (Wildman–Crippen MR) is 177 cm³/mol. The molecule has 1 aromatic heterocycles. The first-order chi connectivity index (χ1) is 21.1. The van der Waals surface area contributed by atoms with E-state index in [9.17, 15) is 9.59 Å². The van der Waals surface area contributed by atoms with Gasteiger partial charge in [-0.15, -0.1) is 0 Å². The minimum atomic E-state index is -0.789. The molecule has 234 valence electrons. The summed E-state index contributed by atoms with van der Waals surface area (Å²) in [6, 6.07) is 16.2. The van der Waals surface area contributed by atoms with Crippen LogP contribution in [-0.2, 0) is 22.4 Å². The van der Waals surface area contributed by atoms with Crippen molar-refractivity contribution in [1.29, 1.82) is 0 Å². The van der Waals surface area contributed by atoms with Crippen molar-refractivity contribution in [2.45, 2.75) is 122 Å². The Morgan fingerprint density at radius 3 is 1.70 bits per heavy atom. The molecule has 0 saturated carbocycles. The summed E-state index contributed by atoms with van der Waals surface area (Å²) in [6.45, 7) is 3.05. The fourth-order valence-electron chi connectivity index (χ4n) is 5.55. The average Bonchev–Trinajstić information content (AvgIpc) is 3.51. The van der Waals surface area contributed by atoms with E-state index in [0.29, 0.717) is 12.8 Å². The van der Waals surface area contributed by atoms with Crippen LogP contribution in [0.4, 0.5) is 0 Å². The molecule has 0 aliphatic carbocycles. The maximum absolute atomic E-state index is 12.4. The number of carboxylic acid groups (broad SMARTS) is 1. The Morgan fingerprint density at radius 2 is 1.16 bits per heavy atom. The normalized spacial score (nSPS) is 11.1. The molecule has 0 bridgehead atoms. The van der Waals surface area contributed by atoms with Crippen molar-refractivity contribution in [3.05, 3.63) is 66.0 Å². The predicted octanol–water partition coefficient (Wildman–Crippen LogP) is 9.29. The van der Waals surface area contributed by atoms with Crippen LogP contribution in [0.15, 0.2) is 54.9 Å². The van der Waals surface area contributed by atoms with Gasteiger partial charge in [0.05, 0.1) is 17.7 Å². The number of aromatic nitrogens is 2. The fraction of sp³-hybridized carbons (Fsp3) is 0.541. The molecule has 1 amide bonds. The quantitative estimate of drug-likeness (QED) is 0.0964. The molecular weight excluding hydrogens is 534 g/mol. The zero-order valence-electron chi connectivity index (χ0n) is 26.3. The van der Waals surface area contributed by atoms with Crippen LogP contribution < -0.4 is 5.32 Å². The highest BCUT2D eigenvalue weighted by atomic mass is 16.4. The van der Waals surface area contributed by atoms with Gasteiger partial charge in [0, 0.05) is 30.5 Å². The van der Waals surface area contributed by atoms with Crippen LogP contribution in [0.2, 0.25) is 0 Å². The van der Waals surface area contributed by atoms with Crippen LogP contribution in [0.25, 0.3) is 22.5 Å². The van der Waals surface area contributed by atoms with Gasteiger partial charge >= 0.3 is 5.97 Å². The molecule has 1 heterocycles. The number of benzene rings is 2. The topological polar surface area (TPSA) is 95.1 Å². The molecular formula is C37H53N3O3. The van der Waals surface area contributed by atoms with Gasteiger partial charge in [0.1, 0.15) is 0 Å². The van der Waals surface area contributed by atoms with E-state index in [1.807, 2.05) is 24.3 Å². The Balaban J connectivity index is 1.26. The largest absolute Gasteiger partial charge is 0.481 e. The van der Waals surface area contributed by atoms with Crippen LogP contribution in [0.1, 0.15) is 121 Å². The lowest BCUT2D eigenvalue weighted by Gasteiger charge is -2.08. The van der Waals surface area contributed by atoms with Crippen molar-refractivity contribution in [1.82, 2.24) is 15.3 Å². The molecule has 43 heavy (non-hydrogen) atoms. The second kappa shape index (κ2) is 20.5. The summed E-state index contributed by atoms with van der Waals surface area (Å²) < 4.78 is 0. The number of aryl methyl sites for hydroxylation is 2. The molecule has 0 aliphatic heterocycles. The molecule has 3 N–H and O–H groups in total. The van der Waals surface area contributed by atoms with Crippen LogP contribution in [0.5, 0.6) is 0 Å². The van der Waals surface area contributed by atoms with Crippen molar-refractivity contribution in [3.8, 4) is 22.5 Å². The first kappa shape index (κ1) is 34.1. The number of nitrogens with zero attached hydrogens (tertiary/aromatic N) is 1. The van der Waals surface area contributed by atoms with Gasteiger partial charge in [-0.25, -0.2) is 4.98 Å². The zero-order chi connectivity index (χ0) is 30.5.